The third kappa shape index (κ3) is 3.42. The molecule has 1 aromatic heterocycles. The number of anilines is 1. The Morgan fingerprint density at radius 2 is 2.33 bits per heavy atom. The molecule has 1 fully saturated rings. The SMILES string of the molecule is COC[C@H](C)N1C[C@H](C(=O)Nc2nc3ccc(C)cc3s2)CC1=O. The van der Waals surface area contributed by atoms with Crippen molar-refractivity contribution < 1.29 is 14.3 Å². The molecule has 6 nitrogen and oxygen atoms in total. The lowest BCUT2D eigenvalue weighted by molar-refractivity contribution is -0.130. The minimum absolute atomic E-state index is 0.000348. The summed E-state index contributed by atoms with van der Waals surface area (Å²) in [6.45, 7) is 4.85. The van der Waals surface area contributed by atoms with E-state index in [0.717, 1.165) is 15.8 Å². The molecule has 1 aliphatic rings. The van der Waals surface area contributed by atoms with Gasteiger partial charge in [0.15, 0.2) is 5.13 Å². The average Bonchev–Trinajstić information content (AvgIpc) is 3.10. The van der Waals surface area contributed by atoms with Gasteiger partial charge in [-0.15, -0.1) is 0 Å². The Morgan fingerprint density at radius 1 is 1.54 bits per heavy atom. The molecule has 128 valence electrons. The number of carbonyl (C=O) groups excluding carboxylic acids is 2. The number of aromatic nitrogens is 1. The number of likely N-dealkylation sites (tertiary alicyclic amines) is 1. The van der Waals surface area contributed by atoms with Gasteiger partial charge >= 0.3 is 0 Å². The molecule has 0 unspecified atom stereocenters. The third-order valence-electron chi connectivity index (χ3n) is 4.24. The monoisotopic (exact) mass is 347 g/mol. The molecule has 0 aliphatic carbocycles. The highest BCUT2D eigenvalue weighted by Crippen LogP contribution is 2.28. The van der Waals surface area contributed by atoms with E-state index in [1.54, 1.807) is 12.0 Å². The Bertz CT molecular complexity index is 774. The van der Waals surface area contributed by atoms with Crippen molar-refractivity contribution in [1.29, 1.82) is 0 Å². The molecule has 3 rings (SSSR count). The number of ether oxygens (including phenoxy) is 1. The van der Waals surface area contributed by atoms with E-state index in [0.29, 0.717) is 18.3 Å². The summed E-state index contributed by atoms with van der Waals surface area (Å²) in [4.78, 5) is 30.7. The Morgan fingerprint density at radius 3 is 3.08 bits per heavy atom. The Hall–Kier alpha value is -1.99. The van der Waals surface area contributed by atoms with Gasteiger partial charge in [0.1, 0.15) is 0 Å². The van der Waals surface area contributed by atoms with Crippen molar-refractivity contribution in [2.45, 2.75) is 26.3 Å². The van der Waals surface area contributed by atoms with Crippen LogP contribution in [0.3, 0.4) is 0 Å². The first-order chi connectivity index (χ1) is 11.5. The first kappa shape index (κ1) is 16.9. The number of nitrogens with zero attached hydrogens (tertiary/aromatic N) is 2. The topological polar surface area (TPSA) is 71.5 Å². The number of nitrogens with one attached hydrogen (secondary N) is 1. The van der Waals surface area contributed by atoms with Crippen molar-refractivity contribution >= 4 is 38.5 Å². The zero-order valence-corrected chi connectivity index (χ0v) is 14.9. The summed E-state index contributed by atoms with van der Waals surface area (Å²) in [5.41, 5.74) is 2.03. The fourth-order valence-electron chi connectivity index (χ4n) is 2.96. The minimum Gasteiger partial charge on any atom is -0.383 e. The molecule has 2 heterocycles. The first-order valence-electron chi connectivity index (χ1n) is 7.94. The Balaban J connectivity index is 1.67. The first-order valence-corrected chi connectivity index (χ1v) is 8.76. The molecular weight excluding hydrogens is 326 g/mol. The van der Waals surface area contributed by atoms with E-state index in [-0.39, 0.29) is 30.2 Å². The molecule has 0 bridgehead atoms. The van der Waals surface area contributed by atoms with Crippen LogP contribution in [0.15, 0.2) is 18.2 Å². The summed E-state index contributed by atoms with van der Waals surface area (Å²) in [6.07, 6.45) is 0.240. The molecule has 24 heavy (non-hydrogen) atoms. The molecule has 1 aromatic carbocycles. The van der Waals surface area contributed by atoms with Crippen LogP contribution in [0.25, 0.3) is 10.2 Å². The van der Waals surface area contributed by atoms with Crippen molar-refractivity contribution in [2.24, 2.45) is 5.92 Å². The molecule has 1 saturated heterocycles. The van der Waals surface area contributed by atoms with Crippen molar-refractivity contribution in [2.75, 3.05) is 25.6 Å². The number of hydrogen-bond donors (Lipinski definition) is 1. The predicted octanol–water partition coefficient (Wildman–Crippen LogP) is 2.43. The van der Waals surface area contributed by atoms with E-state index in [4.69, 9.17) is 4.74 Å². The predicted molar refractivity (Wildman–Crippen MR) is 94.1 cm³/mol. The lowest BCUT2D eigenvalue weighted by Crippen LogP contribution is -2.38. The highest BCUT2D eigenvalue weighted by molar-refractivity contribution is 7.22. The Kier molecular flexibility index (Phi) is 4.82. The fraction of sp³-hybridized carbons (Fsp3) is 0.471. The molecule has 1 N–H and O–H groups in total. The van der Waals surface area contributed by atoms with E-state index >= 15 is 0 Å². The number of aryl methyl sites for hydroxylation is 1. The average molecular weight is 347 g/mol. The highest BCUT2D eigenvalue weighted by atomic mass is 32.1. The molecule has 1 aliphatic heterocycles. The summed E-state index contributed by atoms with van der Waals surface area (Å²) in [5.74, 6) is -0.489. The van der Waals surface area contributed by atoms with Crippen LogP contribution < -0.4 is 5.32 Å². The van der Waals surface area contributed by atoms with Gasteiger partial charge in [-0.3, -0.25) is 9.59 Å². The third-order valence-corrected chi connectivity index (χ3v) is 5.18. The van der Waals surface area contributed by atoms with E-state index in [1.165, 1.54) is 11.3 Å². The molecule has 0 radical (unpaired) electrons. The maximum atomic E-state index is 12.5. The van der Waals surface area contributed by atoms with Gasteiger partial charge in [-0.1, -0.05) is 17.4 Å². The number of methoxy groups -OCH3 is 1. The van der Waals surface area contributed by atoms with Crippen LogP contribution in [0.4, 0.5) is 5.13 Å². The van der Waals surface area contributed by atoms with Crippen molar-refractivity contribution in [1.82, 2.24) is 9.88 Å². The number of benzene rings is 1. The van der Waals surface area contributed by atoms with Crippen LogP contribution in [0, 0.1) is 12.8 Å². The van der Waals surface area contributed by atoms with Crippen LogP contribution >= 0.6 is 11.3 Å². The van der Waals surface area contributed by atoms with Crippen LogP contribution in [0.5, 0.6) is 0 Å². The second-order valence-corrected chi connectivity index (χ2v) is 7.26. The molecule has 2 atom stereocenters. The number of thiazole rings is 1. The fourth-order valence-corrected chi connectivity index (χ4v) is 3.92. The smallest absolute Gasteiger partial charge is 0.231 e. The van der Waals surface area contributed by atoms with Gasteiger partial charge in [0.05, 0.1) is 28.8 Å². The van der Waals surface area contributed by atoms with E-state index in [1.807, 2.05) is 26.0 Å². The highest BCUT2D eigenvalue weighted by Gasteiger charge is 2.36. The summed E-state index contributed by atoms with van der Waals surface area (Å²) < 4.78 is 6.14. The van der Waals surface area contributed by atoms with Gasteiger partial charge in [0, 0.05) is 20.1 Å². The van der Waals surface area contributed by atoms with E-state index in [9.17, 15) is 9.59 Å². The van der Waals surface area contributed by atoms with Gasteiger partial charge in [-0.2, -0.15) is 0 Å². The second-order valence-electron chi connectivity index (χ2n) is 6.23. The summed E-state index contributed by atoms with van der Waals surface area (Å²) >= 11 is 1.45. The second kappa shape index (κ2) is 6.86. The minimum atomic E-state index is -0.342. The maximum Gasteiger partial charge on any atom is 0.231 e. The van der Waals surface area contributed by atoms with Crippen LogP contribution in [-0.4, -0.2) is 48.0 Å². The molecule has 2 amide bonds. The summed E-state index contributed by atoms with van der Waals surface area (Å²) in [5, 5.41) is 3.44. The van der Waals surface area contributed by atoms with Gasteiger partial charge in [-0.05, 0) is 31.5 Å². The molecule has 7 heteroatoms. The van der Waals surface area contributed by atoms with Crippen LogP contribution in [0.2, 0.25) is 0 Å². The van der Waals surface area contributed by atoms with Crippen LogP contribution in [-0.2, 0) is 14.3 Å². The normalized spacial score (nSPS) is 19.0. The number of rotatable bonds is 5. The van der Waals surface area contributed by atoms with Crippen LogP contribution in [0.1, 0.15) is 18.9 Å². The van der Waals surface area contributed by atoms with Gasteiger partial charge in [-0.25, -0.2) is 4.98 Å². The van der Waals surface area contributed by atoms with E-state index in [2.05, 4.69) is 16.4 Å². The maximum absolute atomic E-state index is 12.5. The lowest BCUT2D eigenvalue weighted by Gasteiger charge is -2.23. The standard InChI is InChI=1S/C17H21N3O3S/c1-10-4-5-13-14(6-10)24-17(18-13)19-16(22)12-7-15(21)20(8-12)11(2)9-23-3/h4-6,11-12H,7-9H2,1-3H3,(H,18,19,22)/t11-,12+/m0/s1. The van der Waals surface area contributed by atoms with Gasteiger partial charge < -0.3 is 15.0 Å². The molecule has 0 saturated carbocycles. The van der Waals surface area contributed by atoms with Gasteiger partial charge in [0.25, 0.3) is 0 Å². The number of carbonyl (C=O) groups is 2. The number of fused-ring (bicyclic) bond motifs is 1. The summed E-state index contributed by atoms with van der Waals surface area (Å²) in [7, 11) is 1.61. The summed E-state index contributed by atoms with van der Waals surface area (Å²) in [6, 6.07) is 5.98. The molecular formula is C17H21N3O3S. The van der Waals surface area contributed by atoms with E-state index < -0.39 is 0 Å². The van der Waals surface area contributed by atoms with Crippen molar-refractivity contribution in [3.05, 3.63) is 23.8 Å². The lowest BCUT2D eigenvalue weighted by atomic mass is 10.1. The van der Waals surface area contributed by atoms with Gasteiger partial charge in [0.2, 0.25) is 11.8 Å². The molecule has 0 spiro atoms. The largest absolute Gasteiger partial charge is 0.383 e. The Labute approximate surface area is 144 Å². The number of hydrogen-bond acceptors (Lipinski definition) is 5. The zero-order chi connectivity index (χ0) is 17.3. The van der Waals surface area contributed by atoms with Crippen molar-refractivity contribution in [3.8, 4) is 0 Å². The number of amides is 2. The zero-order valence-electron chi connectivity index (χ0n) is 14.0. The quantitative estimate of drug-likeness (QED) is 0.902. The van der Waals surface area contributed by atoms with Crippen molar-refractivity contribution in [3.63, 3.8) is 0 Å². The molecule has 2 aromatic rings.